The van der Waals surface area contributed by atoms with Gasteiger partial charge in [-0.1, -0.05) is 33.3 Å². The van der Waals surface area contributed by atoms with E-state index in [2.05, 4.69) is 34.3 Å². The highest BCUT2D eigenvalue weighted by molar-refractivity contribution is 5.90. The summed E-state index contributed by atoms with van der Waals surface area (Å²) in [6, 6.07) is 0. The minimum atomic E-state index is -0.559. The zero-order chi connectivity index (χ0) is 15.5. The number of Topliss-reactive ketones (excluding diaryl/α,β-unsaturated/α-hetero) is 1. The summed E-state index contributed by atoms with van der Waals surface area (Å²) in [5.74, 6) is 0.938. The number of carbonyl (C=O) groups excluding carboxylic acids is 1. The van der Waals surface area contributed by atoms with Gasteiger partial charge >= 0.3 is 0 Å². The Hall–Kier alpha value is -0.630. The molecule has 2 saturated carbocycles. The third kappa shape index (κ3) is 1.91. The summed E-state index contributed by atoms with van der Waals surface area (Å²) in [5, 5.41) is 0. The van der Waals surface area contributed by atoms with E-state index in [9.17, 15) is 4.79 Å². The van der Waals surface area contributed by atoms with E-state index in [1.54, 1.807) is 0 Å². The Balaban J connectivity index is 2.06. The van der Waals surface area contributed by atoms with Gasteiger partial charge in [0.05, 0.1) is 5.60 Å². The quantitative estimate of drug-likeness (QED) is 0.656. The predicted octanol–water partition coefficient (Wildman–Crippen LogP) is 4.68. The largest absolute Gasteiger partial charge is 0.356 e. The SMILES string of the molecule is C=C[C@@]1(C)CC[C@]2(O1)C(=O)CC[C@@H]1C(C)(C)CCC[C@]12C. The van der Waals surface area contributed by atoms with E-state index >= 15 is 0 Å². The van der Waals surface area contributed by atoms with Crippen molar-refractivity contribution in [2.75, 3.05) is 0 Å². The molecule has 1 saturated heterocycles. The van der Waals surface area contributed by atoms with E-state index in [0.29, 0.717) is 23.5 Å². The van der Waals surface area contributed by atoms with E-state index in [1.165, 1.54) is 12.8 Å². The lowest BCUT2D eigenvalue weighted by Crippen LogP contribution is -2.63. The van der Waals surface area contributed by atoms with Crippen molar-refractivity contribution in [1.82, 2.24) is 0 Å². The maximum absolute atomic E-state index is 12.9. The molecule has 2 heteroatoms. The van der Waals surface area contributed by atoms with Crippen LogP contribution in [0.4, 0.5) is 0 Å². The summed E-state index contributed by atoms with van der Waals surface area (Å²) in [5.41, 5.74) is -0.583. The molecule has 0 unspecified atom stereocenters. The average molecular weight is 290 g/mol. The molecule has 3 rings (SSSR count). The van der Waals surface area contributed by atoms with Crippen molar-refractivity contribution in [2.24, 2.45) is 16.7 Å². The standard InChI is InChI=1S/C19H30O2/c1-6-17(4)12-13-19(21-17)15(20)9-8-14-16(2,3)10-7-11-18(14,19)5/h6,14H,1,7-13H2,2-5H3/t14-,17+,18-,19+/m1/s1. The molecule has 0 bridgehead atoms. The maximum Gasteiger partial charge on any atom is 0.165 e. The molecule has 4 atom stereocenters. The molecule has 118 valence electrons. The van der Waals surface area contributed by atoms with Gasteiger partial charge in [0.2, 0.25) is 0 Å². The normalized spacial score (nSPS) is 49.1. The van der Waals surface area contributed by atoms with E-state index in [4.69, 9.17) is 4.74 Å². The summed E-state index contributed by atoms with van der Waals surface area (Å²) in [4.78, 5) is 12.9. The number of hydrogen-bond acceptors (Lipinski definition) is 2. The summed E-state index contributed by atoms with van der Waals surface area (Å²) in [6.07, 6.45) is 9.03. The van der Waals surface area contributed by atoms with Crippen LogP contribution >= 0.6 is 0 Å². The summed E-state index contributed by atoms with van der Waals surface area (Å²) >= 11 is 0. The van der Waals surface area contributed by atoms with Crippen molar-refractivity contribution in [3.63, 3.8) is 0 Å². The Kier molecular flexibility index (Phi) is 3.23. The molecule has 1 spiro atoms. The Morgan fingerprint density at radius 3 is 2.48 bits per heavy atom. The summed E-state index contributed by atoms with van der Waals surface area (Å²) in [7, 11) is 0. The van der Waals surface area contributed by atoms with Gasteiger partial charge in [0.15, 0.2) is 5.78 Å². The number of fused-ring (bicyclic) bond motifs is 2. The molecule has 1 aliphatic heterocycles. The Morgan fingerprint density at radius 1 is 1.14 bits per heavy atom. The highest BCUT2D eigenvalue weighted by atomic mass is 16.5. The van der Waals surface area contributed by atoms with Crippen LogP contribution in [0.3, 0.4) is 0 Å². The summed E-state index contributed by atoms with van der Waals surface area (Å²) in [6.45, 7) is 13.1. The third-order valence-electron chi connectivity index (χ3n) is 7.08. The van der Waals surface area contributed by atoms with Crippen LogP contribution in [0, 0.1) is 16.7 Å². The minimum absolute atomic E-state index is 0.00907. The van der Waals surface area contributed by atoms with Crippen LogP contribution in [0.1, 0.15) is 72.6 Å². The van der Waals surface area contributed by atoms with Gasteiger partial charge in [-0.2, -0.15) is 0 Å². The van der Waals surface area contributed by atoms with Gasteiger partial charge in [-0.25, -0.2) is 0 Å². The van der Waals surface area contributed by atoms with Gasteiger partial charge in [0.1, 0.15) is 5.60 Å². The highest BCUT2D eigenvalue weighted by Gasteiger charge is 2.67. The zero-order valence-electron chi connectivity index (χ0n) is 14.1. The van der Waals surface area contributed by atoms with Crippen molar-refractivity contribution < 1.29 is 9.53 Å². The maximum atomic E-state index is 12.9. The molecule has 2 nitrogen and oxygen atoms in total. The molecule has 21 heavy (non-hydrogen) atoms. The molecule has 0 aromatic carbocycles. The first-order valence-corrected chi connectivity index (χ1v) is 8.56. The van der Waals surface area contributed by atoms with Crippen LogP contribution in [-0.2, 0) is 9.53 Å². The highest BCUT2D eigenvalue weighted by Crippen LogP contribution is 2.65. The number of ether oxygens (including phenoxy) is 1. The van der Waals surface area contributed by atoms with Gasteiger partial charge in [-0.3, -0.25) is 4.79 Å². The van der Waals surface area contributed by atoms with Crippen molar-refractivity contribution >= 4 is 5.78 Å². The molecular formula is C19H30O2. The van der Waals surface area contributed by atoms with Crippen LogP contribution in [0.5, 0.6) is 0 Å². The van der Waals surface area contributed by atoms with Crippen molar-refractivity contribution in [2.45, 2.75) is 83.8 Å². The lowest BCUT2D eigenvalue weighted by Gasteiger charge is -2.60. The molecule has 0 aromatic heterocycles. The lowest BCUT2D eigenvalue weighted by atomic mass is 9.46. The topological polar surface area (TPSA) is 26.3 Å². The lowest BCUT2D eigenvalue weighted by molar-refractivity contribution is -0.209. The number of ketones is 1. The van der Waals surface area contributed by atoms with Gasteiger partial charge in [0, 0.05) is 11.8 Å². The van der Waals surface area contributed by atoms with Crippen molar-refractivity contribution in [1.29, 1.82) is 0 Å². The second-order valence-corrected chi connectivity index (χ2v) is 8.72. The van der Waals surface area contributed by atoms with Crippen molar-refractivity contribution in [3.8, 4) is 0 Å². The minimum Gasteiger partial charge on any atom is -0.356 e. The molecule has 3 fully saturated rings. The first-order chi connectivity index (χ1) is 9.69. The zero-order valence-corrected chi connectivity index (χ0v) is 14.1. The fraction of sp³-hybridized carbons (Fsp3) is 0.842. The number of carbonyl (C=O) groups is 1. The monoisotopic (exact) mass is 290 g/mol. The molecule has 3 aliphatic rings. The van der Waals surface area contributed by atoms with Crippen LogP contribution < -0.4 is 0 Å². The number of rotatable bonds is 1. The van der Waals surface area contributed by atoms with Crippen LogP contribution in [0.15, 0.2) is 12.7 Å². The molecule has 0 amide bonds. The van der Waals surface area contributed by atoms with E-state index in [-0.39, 0.29) is 11.0 Å². The van der Waals surface area contributed by atoms with E-state index in [0.717, 1.165) is 25.7 Å². The van der Waals surface area contributed by atoms with Crippen LogP contribution in [-0.4, -0.2) is 17.0 Å². The second-order valence-electron chi connectivity index (χ2n) is 8.72. The Bertz CT molecular complexity index is 480. The number of hydrogen-bond donors (Lipinski definition) is 0. The fourth-order valence-electron chi connectivity index (χ4n) is 5.78. The summed E-state index contributed by atoms with van der Waals surface area (Å²) < 4.78 is 6.54. The van der Waals surface area contributed by atoms with Crippen molar-refractivity contribution in [3.05, 3.63) is 12.7 Å². The molecular weight excluding hydrogens is 260 g/mol. The Labute approximate surface area is 129 Å². The fourth-order valence-corrected chi connectivity index (χ4v) is 5.78. The van der Waals surface area contributed by atoms with Gasteiger partial charge in [-0.05, 0) is 50.4 Å². The van der Waals surface area contributed by atoms with Gasteiger partial charge in [0.25, 0.3) is 0 Å². The van der Waals surface area contributed by atoms with E-state index < -0.39 is 5.60 Å². The van der Waals surface area contributed by atoms with E-state index in [1.807, 2.05) is 6.08 Å². The third-order valence-corrected chi connectivity index (χ3v) is 7.08. The average Bonchev–Trinajstić information content (AvgIpc) is 2.76. The molecule has 2 aliphatic carbocycles. The van der Waals surface area contributed by atoms with Gasteiger partial charge < -0.3 is 4.74 Å². The predicted molar refractivity (Wildman–Crippen MR) is 85.1 cm³/mol. The molecule has 0 radical (unpaired) electrons. The first-order valence-electron chi connectivity index (χ1n) is 8.56. The first kappa shape index (κ1) is 15.3. The molecule has 0 aromatic rings. The van der Waals surface area contributed by atoms with Crippen LogP contribution in [0.25, 0.3) is 0 Å². The second kappa shape index (κ2) is 4.44. The van der Waals surface area contributed by atoms with Gasteiger partial charge in [-0.15, -0.1) is 6.58 Å². The molecule has 1 heterocycles. The van der Waals surface area contributed by atoms with Crippen LogP contribution in [0.2, 0.25) is 0 Å². The Morgan fingerprint density at radius 2 is 1.86 bits per heavy atom. The molecule has 0 N–H and O–H groups in total. The smallest absolute Gasteiger partial charge is 0.165 e.